The Hall–Kier alpha value is -3.80. The summed E-state index contributed by atoms with van der Waals surface area (Å²) in [4.78, 5) is 31.9. The summed E-state index contributed by atoms with van der Waals surface area (Å²) in [5, 5.41) is 12.8. The van der Waals surface area contributed by atoms with Gasteiger partial charge in [0.2, 0.25) is 11.8 Å². The number of alkyl halides is 4. The molecule has 0 aliphatic carbocycles. The molecular formula is C28H27ClF5N5O2. The zero-order valence-corrected chi connectivity index (χ0v) is 22.8. The van der Waals surface area contributed by atoms with Crippen LogP contribution in [-0.4, -0.2) is 47.7 Å². The molecule has 2 amide bonds. The summed E-state index contributed by atoms with van der Waals surface area (Å²) in [6.45, 7) is 1.32. The molecule has 2 aromatic rings. The van der Waals surface area contributed by atoms with E-state index in [1.165, 1.54) is 18.0 Å². The Morgan fingerprint density at radius 2 is 1.95 bits per heavy atom. The number of benzene rings is 1. The minimum atomic E-state index is -4.88. The maximum atomic E-state index is 15.2. The third-order valence-corrected chi connectivity index (χ3v) is 7.60. The maximum Gasteiger partial charge on any atom is 0.417 e. The van der Waals surface area contributed by atoms with Crippen LogP contribution in [0.5, 0.6) is 0 Å². The van der Waals surface area contributed by atoms with Gasteiger partial charge in [0.25, 0.3) is 0 Å². The minimum absolute atomic E-state index is 0.0551. The Labute approximate surface area is 238 Å². The molecular weight excluding hydrogens is 569 g/mol. The molecule has 0 saturated heterocycles. The van der Waals surface area contributed by atoms with Crippen LogP contribution >= 0.6 is 11.6 Å². The topological polar surface area (TPSA) is 98.2 Å². The van der Waals surface area contributed by atoms with Crippen LogP contribution in [-0.2, 0) is 15.8 Å². The molecule has 0 fully saturated rings. The molecule has 0 spiro atoms. The lowest BCUT2D eigenvalue weighted by molar-refractivity contribution is -0.138. The zero-order chi connectivity index (χ0) is 30.1. The van der Waals surface area contributed by atoms with Gasteiger partial charge in [0, 0.05) is 43.2 Å². The first-order valence-corrected chi connectivity index (χ1v) is 13.2. The first kappa shape index (κ1) is 30.2. The molecule has 0 radical (unpaired) electrons. The van der Waals surface area contributed by atoms with E-state index < -0.39 is 58.1 Å². The van der Waals surface area contributed by atoms with E-state index in [1.54, 1.807) is 19.2 Å². The van der Waals surface area contributed by atoms with E-state index in [9.17, 15) is 27.2 Å². The van der Waals surface area contributed by atoms with Crippen molar-refractivity contribution in [1.82, 2.24) is 20.5 Å². The molecule has 2 aliphatic rings. The standard InChI is InChI=1S/C28H27ClF5N5O2/c1-14-19(30)5-6-22(20-11-16(7-9-37-20)26(36-2)21(13-35)38-27(14)41)39-10-8-15(12-23(39)40)24-17(28(32,33)34)3-4-18(29)25(24)31/h3-4,7,9,11-14,19,22,35-36H,5-6,8,10H2,1-2H3,(H,38,41)/b26-21+,35-13?. The van der Waals surface area contributed by atoms with E-state index in [1.807, 2.05) is 0 Å². The Kier molecular flexibility index (Phi) is 8.81. The van der Waals surface area contributed by atoms with Crippen LogP contribution in [0.2, 0.25) is 5.02 Å². The fraction of sp³-hybridized carbons (Fsp3) is 0.357. The quantitative estimate of drug-likeness (QED) is 0.313. The molecule has 4 rings (SSSR count). The summed E-state index contributed by atoms with van der Waals surface area (Å²) in [7, 11) is 1.58. The third-order valence-electron chi connectivity index (χ3n) is 7.31. The summed E-state index contributed by atoms with van der Waals surface area (Å²) >= 11 is 5.79. The third kappa shape index (κ3) is 6.12. The average Bonchev–Trinajstić information content (AvgIpc) is 2.93. The Morgan fingerprint density at radius 1 is 1.22 bits per heavy atom. The number of carbonyl (C=O) groups is 2. The minimum Gasteiger partial charge on any atom is -0.386 e. The molecule has 3 atom stereocenters. The van der Waals surface area contributed by atoms with Gasteiger partial charge in [0.05, 0.1) is 39.6 Å². The summed E-state index contributed by atoms with van der Waals surface area (Å²) in [6.07, 6.45) is -3.35. The maximum absolute atomic E-state index is 15.2. The molecule has 3 unspecified atom stereocenters. The monoisotopic (exact) mass is 595 g/mol. The molecule has 1 aromatic carbocycles. The molecule has 3 N–H and O–H groups in total. The second-order valence-corrected chi connectivity index (χ2v) is 10.2. The Balaban J connectivity index is 1.78. The van der Waals surface area contributed by atoms with Gasteiger partial charge in [0.1, 0.15) is 12.0 Å². The van der Waals surface area contributed by atoms with Crippen molar-refractivity contribution in [3.8, 4) is 0 Å². The second kappa shape index (κ2) is 12.0. The molecule has 2 bridgehead atoms. The van der Waals surface area contributed by atoms with Gasteiger partial charge in [-0.25, -0.2) is 8.78 Å². The Bertz CT molecular complexity index is 1440. The Morgan fingerprint density at radius 3 is 2.59 bits per heavy atom. The molecule has 13 heteroatoms. The van der Waals surface area contributed by atoms with Crippen LogP contribution in [0.15, 0.2) is 42.2 Å². The van der Waals surface area contributed by atoms with Crippen molar-refractivity contribution < 1.29 is 31.5 Å². The van der Waals surface area contributed by atoms with E-state index >= 15 is 4.39 Å². The van der Waals surface area contributed by atoms with Crippen LogP contribution in [0, 0.1) is 17.1 Å². The highest BCUT2D eigenvalue weighted by Crippen LogP contribution is 2.41. The molecule has 3 heterocycles. The van der Waals surface area contributed by atoms with E-state index in [0.717, 1.165) is 18.4 Å². The number of halogens is 6. The van der Waals surface area contributed by atoms with Crippen molar-refractivity contribution in [2.75, 3.05) is 13.6 Å². The van der Waals surface area contributed by atoms with Crippen molar-refractivity contribution in [2.24, 2.45) is 5.92 Å². The van der Waals surface area contributed by atoms with Crippen LogP contribution in [0.4, 0.5) is 22.0 Å². The van der Waals surface area contributed by atoms with Gasteiger partial charge in [-0.3, -0.25) is 14.6 Å². The number of rotatable bonds is 4. The highest BCUT2D eigenvalue weighted by Gasteiger charge is 2.38. The largest absolute Gasteiger partial charge is 0.417 e. The van der Waals surface area contributed by atoms with Crippen molar-refractivity contribution in [2.45, 2.75) is 44.6 Å². The summed E-state index contributed by atoms with van der Waals surface area (Å²) in [6, 6.07) is 3.95. The predicted molar refractivity (Wildman–Crippen MR) is 144 cm³/mol. The van der Waals surface area contributed by atoms with Crippen LogP contribution < -0.4 is 10.6 Å². The van der Waals surface area contributed by atoms with Gasteiger partial charge in [-0.2, -0.15) is 13.2 Å². The van der Waals surface area contributed by atoms with E-state index in [4.69, 9.17) is 17.0 Å². The van der Waals surface area contributed by atoms with Gasteiger partial charge in [-0.15, -0.1) is 0 Å². The molecule has 2 aliphatic heterocycles. The number of nitrogens with one attached hydrogen (secondary N) is 3. The van der Waals surface area contributed by atoms with E-state index in [0.29, 0.717) is 23.0 Å². The number of allylic oxidation sites excluding steroid dienone is 1. The average molecular weight is 596 g/mol. The lowest BCUT2D eigenvalue weighted by Crippen LogP contribution is -2.39. The lowest BCUT2D eigenvalue weighted by atomic mass is 9.91. The number of amides is 2. The van der Waals surface area contributed by atoms with Crippen LogP contribution in [0.3, 0.4) is 0 Å². The van der Waals surface area contributed by atoms with Gasteiger partial charge in [-0.05, 0) is 49.1 Å². The fourth-order valence-corrected chi connectivity index (χ4v) is 5.25. The zero-order valence-electron chi connectivity index (χ0n) is 22.1. The van der Waals surface area contributed by atoms with E-state index in [2.05, 4.69) is 15.6 Å². The first-order chi connectivity index (χ1) is 19.4. The van der Waals surface area contributed by atoms with Crippen molar-refractivity contribution in [3.63, 3.8) is 0 Å². The number of aromatic nitrogens is 1. The predicted octanol–water partition coefficient (Wildman–Crippen LogP) is 5.67. The molecule has 0 saturated carbocycles. The van der Waals surface area contributed by atoms with Gasteiger partial charge >= 0.3 is 6.18 Å². The normalized spacial score (nSPS) is 24.1. The van der Waals surface area contributed by atoms with Gasteiger partial charge < -0.3 is 20.9 Å². The fourth-order valence-electron chi connectivity index (χ4n) is 5.10. The van der Waals surface area contributed by atoms with Gasteiger partial charge in [-0.1, -0.05) is 18.5 Å². The van der Waals surface area contributed by atoms with Crippen LogP contribution in [0.1, 0.15) is 54.6 Å². The number of pyridine rings is 1. The highest BCUT2D eigenvalue weighted by atomic mass is 35.5. The number of nitrogens with zero attached hydrogens (tertiary/aromatic N) is 2. The lowest BCUT2D eigenvalue weighted by Gasteiger charge is -2.35. The SMILES string of the molecule is CN/C1=C(\C=N)NC(=O)C(C)C(F)CCC(N2CCC(c3c(C(F)(F)F)ccc(Cl)c3F)=CC2=O)c2cc1ccn2. The van der Waals surface area contributed by atoms with Crippen LogP contribution in [0.25, 0.3) is 11.3 Å². The molecule has 41 heavy (non-hydrogen) atoms. The highest BCUT2D eigenvalue weighted by molar-refractivity contribution is 6.31. The molecule has 7 nitrogen and oxygen atoms in total. The number of carbonyl (C=O) groups excluding carboxylic acids is 2. The van der Waals surface area contributed by atoms with Crippen molar-refractivity contribution in [3.05, 3.63) is 75.5 Å². The summed E-state index contributed by atoms with van der Waals surface area (Å²) in [5.74, 6) is -3.67. The summed E-state index contributed by atoms with van der Waals surface area (Å²) in [5.41, 5.74) is -0.794. The van der Waals surface area contributed by atoms with E-state index in [-0.39, 0.29) is 37.1 Å². The van der Waals surface area contributed by atoms with Crippen molar-refractivity contribution in [1.29, 1.82) is 5.41 Å². The summed E-state index contributed by atoms with van der Waals surface area (Å²) < 4.78 is 71.2. The van der Waals surface area contributed by atoms with Crippen molar-refractivity contribution >= 4 is 40.9 Å². The number of fused-ring (bicyclic) bond motifs is 2. The first-order valence-electron chi connectivity index (χ1n) is 12.8. The van der Waals surface area contributed by atoms with Gasteiger partial charge in [0.15, 0.2) is 0 Å². The molecule has 1 aromatic heterocycles. The molecule has 218 valence electrons. The number of hydrogen-bond acceptors (Lipinski definition) is 5. The number of hydrogen-bond donors (Lipinski definition) is 3. The second-order valence-electron chi connectivity index (χ2n) is 9.77. The smallest absolute Gasteiger partial charge is 0.386 e.